The Bertz CT molecular complexity index is 976. The van der Waals surface area contributed by atoms with E-state index in [1.807, 2.05) is 24.3 Å². The van der Waals surface area contributed by atoms with Crippen LogP contribution in [0.25, 0.3) is 27.5 Å². The molecule has 0 saturated heterocycles. The van der Waals surface area contributed by atoms with Gasteiger partial charge in [0.1, 0.15) is 0 Å². The van der Waals surface area contributed by atoms with E-state index in [-0.39, 0.29) is 0 Å². The lowest BCUT2D eigenvalue weighted by molar-refractivity contribution is 0.867. The van der Waals surface area contributed by atoms with Crippen molar-refractivity contribution in [2.75, 3.05) is 5.73 Å². The second-order valence-corrected chi connectivity index (χ2v) is 7.13. The molecule has 3 nitrogen and oxygen atoms in total. The normalized spacial score (nSPS) is 11.5. The molecule has 0 atom stereocenters. The second-order valence-electron chi connectivity index (χ2n) is 6.30. The molecule has 0 aliphatic heterocycles. The predicted octanol–water partition coefficient (Wildman–Crippen LogP) is 5.44. The Morgan fingerprint density at radius 1 is 0.958 bits per heavy atom. The molecule has 0 unspecified atom stereocenters. The third-order valence-corrected chi connectivity index (χ3v) is 5.13. The third kappa shape index (κ3) is 2.59. The van der Waals surface area contributed by atoms with Gasteiger partial charge >= 0.3 is 0 Å². The summed E-state index contributed by atoms with van der Waals surface area (Å²) in [5.41, 5.74) is 12.4. The molecule has 0 bridgehead atoms. The van der Waals surface area contributed by atoms with Gasteiger partial charge in [-0.3, -0.25) is 4.40 Å². The Labute approximate surface area is 145 Å². The van der Waals surface area contributed by atoms with Gasteiger partial charge in [0.2, 0.25) is 0 Å². The standard InChI is InChI=1S/C20H19N3S/c1-13(2)14-3-5-16(6-4-14)19-12-24-20-22-18(11-23(19)20)15-7-9-17(21)10-8-15/h3-13H,21H2,1-2H3. The lowest BCUT2D eigenvalue weighted by atomic mass is 10.0. The second kappa shape index (κ2) is 5.80. The third-order valence-electron chi connectivity index (χ3n) is 4.29. The van der Waals surface area contributed by atoms with Gasteiger partial charge in [0, 0.05) is 22.8 Å². The smallest absolute Gasteiger partial charge is 0.194 e. The molecule has 0 radical (unpaired) electrons. The first-order valence-electron chi connectivity index (χ1n) is 8.04. The van der Waals surface area contributed by atoms with Crippen LogP contribution in [-0.4, -0.2) is 9.38 Å². The quantitative estimate of drug-likeness (QED) is 0.508. The molecule has 2 N–H and O–H groups in total. The van der Waals surface area contributed by atoms with E-state index in [9.17, 15) is 0 Å². The summed E-state index contributed by atoms with van der Waals surface area (Å²) in [5.74, 6) is 0.548. The van der Waals surface area contributed by atoms with Gasteiger partial charge in [0.15, 0.2) is 4.96 Å². The zero-order valence-corrected chi connectivity index (χ0v) is 14.5. The first kappa shape index (κ1) is 15.0. The molecule has 0 aliphatic rings. The van der Waals surface area contributed by atoms with E-state index < -0.39 is 0 Å². The lowest BCUT2D eigenvalue weighted by Gasteiger charge is -2.06. The fourth-order valence-corrected chi connectivity index (χ4v) is 3.71. The number of rotatable bonds is 3. The SMILES string of the molecule is CC(C)c1ccc(-c2csc3nc(-c4ccc(N)cc4)cn23)cc1. The topological polar surface area (TPSA) is 43.3 Å². The van der Waals surface area contributed by atoms with Gasteiger partial charge in [-0.2, -0.15) is 0 Å². The van der Waals surface area contributed by atoms with Crippen molar-refractivity contribution in [2.24, 2.45) is 0 Å². The average molecular weight is 333 g/mol. The number of anilines is 1. The van der Waals surface area contributed by atoms with Crippen LogP contribution in [-0.2, 0) is 0 Å². The number of aromatic nitrogens is 2. The van der Waals surface area contributed by atoms with Gasteiger partial charge in [-0.1, -0.05) is 50.2 Å². The largest absolute Gasteiger partial charge is 0.399 e. The summed E-state index contributed by atoms with van der Waals surface area (Å²) >= 11 is 1.67. The van der Waals surface area contributed by atoms with Gasteiger partial charge in [-0.05, 0) is 29.2 Å². The summed E-state index contributed by atoms with van der Waals surface area (Å²) in [6.07, 6.45) is 2.10. The van der Waals surface area contributed by atoms with E-state index >= 15 is 0 Å². The molecule has 0 saturated carbocycles. The molecule has 4 aromatic rings. The van der Waals surface area contributed by atoms with Crippen molar-refractivity contribution in [1.82, 2.24) is 9.38 Å². The monoisotopic (exact) mass is 333 g/mol. The van der Waals surface area contributed by atoms with Crippen LogP contribution < -0.4 is 5.73 Å². The summed E-state index contributed by atoms with van der Waals surface area (Å²) in [4.78, 5) is 5.75. The Balaban J connectivity index is 1.75. The van der Waals surface area contributed by atoms with Crippen molar-refractivity contribution in [3.05, 3.63) is 65.7 Å². The molecule has 24 heavy (non-hydrogen) atoms. The maximum atomic E-state index is 5.77. The van der Waals surface area contributed by atoms with Crippen LogP contribution in [0.15, 0.2) is 60.1 Å². The van der Waals surface area contributed by atoms with Gasteiger partial charge in [-0.15, -0.1) is 11.3 Å². The molecule has 2 aromatic carbocycles. The number of benzene rings is 2. The van der Waals surface area contributed by atoms with E-state index in [1.54, 1.807) is 11.3 Å². The highest BCUT2D eigenvalue weighted by atomic mass is 32.1. The van der Waals surface area contributed by atoms with E-state index in [2.05, 4.69) is 54.1 Å². The molecular weight excluding hydrogens is 314 g/mol. The van der Waals surface area contributed by atoms with Crippen LogP contribution in [0, 0.1) is 0 Å². The van der Waals surface area contributed by atoms with Crippen molar-refractivity contribution >= 4 is 22.0 Å². The summed E-state index contributed by atoms with van der Waals surface area (Å²) in [5, 5.41) is 2.17. The molecule has 0 amide bonds. The Kier molecular flexibility index (Phi) is 3.62. The van der Waals surface area contributed by atoms with Crippen molar-refractivity contribution in [3.8, 4) is 22.5 Å². The molecular formula is C20H19N3S. The molecule has 4 rings (SSSR count). The van der Waals surface area contributed by atoms with Crippen molar-refractivity contribution in [2.45, 2.75) is 19.8 Å². The van der Waals surface area contributed by atoms with E-state index in [0.717, 1.165) is 21.9 Å². The predicted molar refractivity (Wildman–Crippen MR) is 102 cm³/mol. The first-order chi connectivity index (χ1) is 11.6. The number of hydrogen-bond acceptors (Lipinski definition) is 3. The highest BCUT2D eigenvalue weighted by Gasteiger charge is 2.11. The maximum absolute atomic E-state index is 5.77. The zero-order valence-electron chi connectivity index (χ0n) is 13.7. The van der Waals surface area contributed by atoms with Crippen molar-refractivity contribution in [1.29, 1.82) is 0 Å². The van der Waals surface area contributed by atoms with Gasteiger partial charge in [-0.25, -0.2) is 4.98 Å². The molecule has 0 fully saturated rings. The van der Waals surface area contributed by atoms with Crippen molar-refractivity contribution in [3.63, 3.8) is 0 Å². The van der Waals surface area contributed by atoms with Crippen molar-refractivity contribution < 1.29 is 0 Å². The molecule has 2 aromatic heterocycles. The summed E-state index contributed by atoms with van der Waals surface area (Å²) in [6, 6.07) is 16.7. The maximum Gasteiger partial charge on any atom is 0.194 e. The molecule has 0 aliphatic carbocycles. The Hall–Kier alpha value is -2.59. The fourth-order valence-electron chi connectivity index (χ4n) is 2.82. The number of hydrogen-bond donors (Lipinski definition) is 1. The molecule has 2 heterocycles. The van der Waals surface area contributed by atoms with Gasteiger partial charge < -0.3 is 5.73 Å². The van der Waals surface area contributed by atoms with E-state index in [4.69, 9.17) is 10.7 Å². The summed E-state index contributed by atoms with van der Waals surface area (Å²) < 4.78 is 2.17. The highest BCUT2D eigenvalue weighted by molar-refractivity contribution is 7.15. The summed E-state index contributed by atoms with van der Waals surface area (Å²) in [6.45, 7) is 4.43. The van der Waals surface area contributed by atoms with Crippen LogP contribution in [0.3, 0.4) is 0 Å². The number of nitrogens with zero attached hydrogens (tertiary/aromatic N) is 2. The van der Waals surface area contributed by atoms with Gasteiger partial charge in [0.05, 0.1) is 11.4 Å². The Morgan fingerprint density at radius 3 is 2.29 bits per heavy atom. The number of imidazole rings is 1. The van der Waals surface area contributed by atoms with Crippen LogP contribution in [0.5, 0.6) is 0 Å². The number of nitrogens with two attached hydrogens (primary N) is 1. The minimum absolute atomic E-state index is 0.548. The van der Waals surface area contributed by atoms with Crippen LogP contribution in [0.2, 0.25) is 0 Å². The molecule has 120 valence electrons. The van der Waals surface area contributed by atoms with Crippen LogP contribution >= 0.6 is 11.3 Å². The number of fused-ring (bicyclic) bond motifs is 1. The summed E-state index contributed by atoms with van der Waals surface area (Å²) in [7, 11) is 0. The van der Waals surface area contributed by atoms with E-state index in [0.29, 0.717) is 5.92 Å². The van der Waals surface area contributed by atoms with Crippen LogP contribution in [0.4, 0.5) is 5.69 Å². The van der Waals surface area contributed by atoms with Gasteiger partial charge in [0.25, 0.3) is 0 Å². The minimum atomic E-state index is 0.548. The fraction of sp³-hybridized carbons (Fsp3) is 0.150. The van der Waals surface area contributed by atoms with Crippen LogP contribution in [0.1, 0.15) is 25.3 Å². The molecule has 4 heteroatoms. The molecule has 0 spiro atoms. The zero-order chi connectivity index (χ0) is 16.7. The number of nitrogen functional groups attached to an aromatic ring is 1. The Morgan fingerprint density at radius 2 is 1.62 bits per heavy atom. The first-order valence-corrected chi connectivity index (χ1v) is 8.92. The average Bonchev–Trinajstić information content (AvgIpc) is 3.16. The highest BCUT2D eigenvalue weighted by Crippen LogP contribution is 2.30. The minimum Gasteiger partial charge on any atom is -0.399 e. The lowest BCUT2D eigenvalue weighted by Crippen LogP contribution is -1.88. The van der Waals surface area contributed by atoms with E-state index in [1.165, 1.54) is 16.8 Å². The number of thiazole rings is 1.